The molecule has 0 aromatic heterocycles. The summed E-state index contributed by atoms with van der Waals surface area (Å²) in [6.07, 6.45) is 1.56. The Labute approximate surface area is 158 Å². The molecule has 0 atom stereocenters. The number of nitrogens with zero attached hydrogens (tertiary/aromatic N) is 1. The van der Waals surface area contributed by atoms with Gasteiger partial charge in [-0.25, -0.2) is 0 Å². The van der Waals surface area contributed by atoms with Crippen LogP contribution < -0.4 is 15.0 Å². The number of ether oxygens (including phenoxy) is 2. The highest BCUT2D eigenvalue weighted by Gasteiger charge is 2.19. The highest BCUT2D eigenvalue weighted by molar-refractivity contribution is 6.04. The molecule has 6 nitrogen and oxygen atoms in total. The summed E-state index contributed by atoms with van der Waals surface area (Å²) in [7, 11) is 1.62. The van der Waals surface area contributed by atoms with E-state index >= 15 is 0 Å². The lowest BCUT2D eigenvalue weighted by molar-refractivity contribution is -0.125. The third-order valence-electron chi connectivity index (χ3n) is 4.33. The van der Waals surface area contributed by atoms with Gasteiger partial charge in [-0.05, 0) is 54.5 Å². The van der Waals surface area contributed by atoms with Crippen molar-refractivity contribution in [3.05, 3.63) is 60.2 Å². The Morgan fingerprint density at radius 3 is 2.48 bits per heavy atom. The lowest BCUT2D eigenvalue weighted by Crippen LogP contribution is -2.41. The summed E-state index contributed by atoms with van der Waals surface area (Å²) in [6, 6.07) is 14.7. The van der Waals surface area contributed by atoms with Crippen molar-refractivity contribution in [3.8, 4) is 5.75 Å². The first-order valence-corrected chi connectivity index (χ1v) is 8.69. The topological polar surface area (TPSA) is 67.9 Å². The number of nitrogens with one attached hydrogen (secondary N) is 1. The van der Waals surface area contributed by atoms with Gasteiger partial charge in [-0.1, -0.05) is 12.1 Å². The maximum Gasteiger partial charge on any atom is 0.253 e. The van der Waals surface area contributed by atoms with Gasteiger partial charge in [-0.2, -0.15) is 0 Å². The molecule has 1 fully saturated rings. The summed E-state index contributed by atoms with van der Waals surface area (Å²) >= 11 is 0. The van der Waals surface area contributed by atoms with Crippen LogP contribution in [0.15, 0.2) is 54.6 Å². The third-order valence-corrected chi connectivity index (χ3v) is 4.33. The smallest absolute Gasteiger partial charge is 0.253 e. The van der Waals surface area contributed by atoms with Crippen molar-refractivity contribution >= 4 is 28.8 Å². The lowest BCUT2D eigenvalue weighted by Gasteiger charge is -2.26. The molecule has 140 valence electrons. The fraction of sp³-hybridized carbons (Fsp3) is 0.238. The molecule has 1 heterocycles. The molecule has 2 aromatic rings. The molecule has 2 amide bonds. The normalized spacial score (nSPS) is 14.8. The maximum absolute atomic E-state index is 12.3. The highest BCUT2D eigenvalue weighted by Crippen LogP contribution is 2.21. The minimum atomic E-state index is -0.210. The van der Waals surface area contributed by atoms with Crippen LogP contribution in [0.2, 0.25) is 0 Å². The minimum Gasteiger partial charge on any atom is -0.497 e. The molecule has 6 heteroatoms. The fourth-order valence-corrected chi connectivity index (χ4v) is 2.83. The van der Waals surface area contributed by atoms with Gasteiger partial charge < -0.3 is 19.7 Å². The van der Waals surface area contributed by atoms with Crippen molar-refractivity contribution in [2.75, 3.05) is 37.1 Å². The second-order valence-corrected chi connectivity index (χ2v) is 6.19. The first kappa shape index (κ1) is 18.7. The van der Waals surface area contributed by atoms with E-state index in [4.69, 9.17) is 9.47 Å². The van der Waals surface area contributed by atoms with Crippen molar-refractivity contribution in [2.45, 2.75) is 6.92 Å². The van der Waals surface area contributed by atoms with Crippen LogP contribution in [-0.4, -0.2) is 38.7 Å². The number of hydrogen-bond acceptors (Lipinski definition) is 4. The number of allylic oxidation sites excluding steroid dienone is 1. The minimum absolute atomic E-state index is 0.0592. The second-order valence-electron chi connectivity index (χ2n) is 6.19. The van der Waals surface area contributed by atoms with E-state index in [-0.39, 0.29) is 18.4 Å². The number of hydrogen-bond donors (Lipinski definition) is 1. The molecule has 0 saturated carbocycles. The van der Waals surface area contributed by atoms with E-state index in [2.05, 4.69) is 5.32 Å². The van der Waals surface area contributed by atoms with Crippen LogP contribution in [0.25, 0.3) is 5.57 Å². The number of rotatable bonds is 5. The zero-order valence-electron chi connectivity index (χ0n) is 15.4. The fourth-order valence-electron chi connectivity index (χ4n) is 2.83. The molecule has 1 aliphatic heterocycles. The van der Waals surface area contributed by atoms with Gasteiger partial charge in [-0.15, -0.1) is 0 Å². The molecule has 0 radical (unpaired) electrons. The van der Waals surface area contributed by atoms with E-state index < -0.39 is 0 Å². The summed E-state index contributed by atoms with van der Waals surface area (Å²) < 4.78 is 10.3. The number of carbonyl (C=O) groups excluding carboxylic acids is 2. The van der Waals surface area contributed by atoms with Crippen LogP contribution in [0.3, 0.4) is 0 Å². The standard InChI is InChI=1S/C21H22N2O4/c1-15(16-3-9-19(26-2)10-4-16)13-20(24)22-17-5-7-18(8-6-17)23-11-12-27-14-21(23)25/h3-10,13H,11-12,14H2,1-2H3,(H,22,24)/b15-13+. The van der Waals surface area contributed by atoms with Crippen molar-refractivity contribution in [1.82, 2.24) is 0 Å². The van der Waals surface area contributed by atoms with Gasteiger partial charge in [0.2, 0.25) is 5.91 Å². The van der Waals surface area contributed by atoms with Gasteiger partial charge in [0, 0.05) is 24.0 Å². The quantitative estimate of drug-likeness (QED) is 0.826. The van der Waals surface area contributed by atoms with Crippen molar-refractivity contribution < 1.29 is 19.1 Å². The largest absolute Gasteiger partial charge is 0.497 e. The van der Waals surface area contributed by atoms with Crippen LogP contribution in [0.1, 0.15) is 12.5 Å². The Kier molecular flexibility index (Phi) is 5.88. The Bertz CT molecular complexity index is 841. The highest BCUT2D eigenvalue weighted by atomic mass is 16.5. The number of benzene rings is 2. The molecule has 1 saturated heterocycles. The van der Waals surface area contributed by atoms with E-state index in [1.807, 2.05) is 43.3 Å². The van der Waals surface area contributed by atoms with Gasteiger partial charge in [0.05, 0.1) is 13.7 Å². The Balaban J connectivity index is 1.63. The summed E-state index contributed by atoms with van der Waals surface area (Å²) in [5.74, 6) is 0.504. The van der Waals surface area contributed by atoms with Crippen molar-refractivity contribution in [3.63, 3.8) is 0 Å². The average Bonchev–Trinajstić information content (AvgIpc) is 2.69. The van der Waals surface area contributed by atoms with Crippen LogP contribution in [0.4, 0.5) is 11.4 Å². The average molecular weight is 366 g/mol. The van der Waals surface area contributed by atoms with Crippen LogP contribution >= 0.6 is 0 Å². The summed E-state index contributed by atoms with van der Waals surface area (Å²) in [5, 5.41) is 2.84. The summed E-state index contributed by atoms with van der Waals surface area (Å²) in [4.78, 5) is 25.8. The zero-order chi connectivity index (χ0) is 19.2. The molecule has 0 aliphatic carbocycles. The van der Waals surface area contributed by atoms with E-state index in [0.717, 1.165) is 22.6 Å². The first-order valence-electron chi connectivity index (χ1n) is 8.69. The van der Waals surface area contributed by atoms with E-state index in [1.165, 1.54) is 0 Å². The number of anilines is 2. The number of methoxy groups -OCH3 is 1. The predicted octanol–water partition coefficient (Wildman–Crippen LogP) is 3.10. The van der Waals surface area contributed by atoms with Crippen molar-refractivity contribution in [2.24, 2.45) is 0 Å². The second kappa shape index (κ2) is 8.51. The monoisotopic (exact) mass is 366 g/mol. The van der Waals surface area contributed by atoms with Gasteiger partial charge >= 0.3 is 0 Å². The van der Waals surface area contributed by atoms with Crippen molar-refractivity contribution in [1.29, 1.82) is 0 Å². The number of amides is 2. The molecule has 1 N–H and O–H groups in total. The Morgan fingerprint density at radius 1 is 1.15 bits per heavy atom. The molecule has 0 unspecified atom stereocenters. The molecule has 1 aliphatic rings. The Morgan fingerprint density at radius 2 is 1.85 bits per heavy atom. The van der Waals surface area contributed by atoms with E-state index in [9.17, 15) is 9.59 Å². The van der Waals surface area contributed by atoms with Gasteiger partial charge in [0.15, 0.2) is 0 Å². The molecule has 0 spiro atoms. The number of morpholine rings is 1. The van der Waals surface area contributed by atoms with Gasteiger partial charge in [0.25, 0.3) is 5.91 Å². The third kappa shape index (κ3) is 4.74. The van der Waals surface area contributed by atoms with Gasteiger partial charge in [0.1, 0.15) is 12.4 Å². The van der Waals surface area contributed by atoms with Crippen LogP contribution in [0, 0.1) is 0 Å². The molecule has 0 bridgehead atoms. The maximum atomic E-state index is 12.3. The predicted molar refractivity (Wildman–Crippen MR) is 105 cm³/mol. The summed E-state index contributed by atoms with van der Waals surface area (Å²) in [5.41, 5.74) is 3.27. The lowest BCUT2D eigenvalue weighted by atomic mass is 10.1. The zero-order valence-corrected chi connectivity index (χ0v) is 15.4. The summed E-state index contributed by atoms with van der Waals surface area (Å²) in [6.45, 7) is 3.05. The van der Waals surface area contributed by atoms with E-state index in [1.54, 1.807) is 30.2 Å². The molecular formula is C21H22N2O4. The van der Waals surface area contributed by atoms with Gasteiger partial charge in [-0.3, -0.25) is 9.59 Å². The Hall–Kier alpha value is -3.12. The van der Waals surface area contributed by atoms with Crippen LogP contribution in [-0.2, 0) is 14.3 Å². The SMILES string of the molecule is COc1ccc(/C(C)=C/C(=O)Nc2ccc(N3CCOCC3=O)cc2)cc1. The first-order chi connectivity index (χ1) is 13.1. The molecule has 3 rings (SSSR count). The molecule has 27 heavy (non-hydrogen) atoms. The van der Waals surface area contributed by atoms with E-state index in [0.29, 0.717) is 18.8 Å². The number of carbonyl (C=O) groups is 2. The molecule has 2 aromatic carbocycles. The van der Waals surface area contributed by atoms with Crippen LogP contribution in [0.5, 0.6) is 5.75 Å². The molecular weight excluding hydrogens is 344 g/mol.